The Morgan fingerprint density at radius 1 is 1.18 bits per heavy atom. The van der Waals surface area contributed by atoms with E-state index in [-0.39, 0.29) is 29.1 Å². The molecule has 0 N–H and O–H groups in total. The molecule has 2 aromatic rings. The Morgan fingerprint density at radius 2 is 1.87 bits per heavy atom. The first-order valence-corrected chi connectivity index (χ1v) is 15.3. The maximum atomic E-state index is 13.7. The van der Waals surface area contributed by atoms with Gasteiger partial charge in [-0.2, -0.15) is 35.0 Å². The zero-order valence-electron chi connectivity index (χ0n) is 23.2. The fourth-order valence-corrected chi connectivity index (χ4v) is 5.19. The minimum absolute atomic E-state index is 0.0268. The zero-order chi connectivity index (χ0) is 28.8. The lowest BCUT2D eigenvalue weighted by Gasteiger charge is -2.29. The van der Waals surface area contributed by atoms with Gasteiger partial charge in [-0.1, -0.05) is 40.7 Å². The summed E-state index contributed by atoms with van der Waals surface area (Å²) in [6.45, 7) is 13.8. The number of rotatable bonds is 10. The summed E-state index contributed by atoms with van der Waals surface area (Å²) in [7, 11) is 0. The second-order valence-corrected chi connectivity index (χ2v) is 11.4. The Labute approximate surface area is 239 Å². The summed E-state index contributed by atoms with van der Waals surface area (Å²) in [6.07, 6.45) is -1.55. The molecule has 0 bridgehead atoms. The summed E-state index contributed by atoms with van der Waals surface area (Å²) < 4.78 is 65.4. The molecule has 11 heteroatoms. The molecule has 1 aliphatic rings. The maximum absolute atomic E-state index is 13.7. The van der Waals surface area contributed by atoms with E-state index < -0.39 is 11.7 Å². The number of ether oxygens (including phenoxy) is 2. The summed E-state index contributed by atoms with van der Waals surface area (Å²) in [5.74, 6) is 1.01. The Balaban J connectivity index is 0.00000110. The molecule has 4 nitrogen and oxygen atoms in total. The molecule has 1 aromatic carbocycles. The first-order valence-electron chi connectivity index (χ1n) is 13.1. The number of alkyl halides is 3. The van der Waals surface area contributed by atoms with E-state index in [1.54, 1.807) is 6.07 Å². The normalized spacial score (nSPS) is 17.8. The summed E-state index contributed by atoms with van der Waals surface area (Å²) in [4.78, 5) is 0.566. The van der Waals surface area contributed by atoms with Crippen LogP contribution in [-0.2, 0) is 21.1 Å². The molecule has 0 saturated carbocycles. The van der Waals surface area contributed by atoms with E-state index in [0.717, 1.165) is 23.9 Å². The molecule has 0 spiro atoms. The van der Waals surface area contributed by atoms with Crippen LogP contribution in [0.15, 0.2) is 35.2 Å². The third-order valence-corrected chi connectivity index (χ3v) is 7.95. The van der Waals surface area contributed by atoms with E-state index in [4.69, 9.17) is 9.47 Å². The highest BCUT2D eigenvalue weighted by Gasteiger charge is 2.33. The van der Waals surface area contributed by atoms with Gasteiger partial charge in [0.25, 0.3) is 0 Å². The van der Waals surface area contributed by atoms with Crippen molar-refractivity contribution in [3.63, 3.8) is 0 Å². The molecule has 1 aromatic heterocycles. The van der Waals surface area contributed by atoms with Crippen LogP contribution in [0.3, 0.4) is 0 Å². The van der Waals surface area contributed by atoms with Crippen LogP contribution in [-0.4, -0.2) is 40.0 Å². The number of aromatic nitrogens is 2. The third-order valence-electron chi connectivity index (χ3n) is 5.79. The summed E-state index contributed by atoms with van der Waals surface area (Å²) in [5.41, 5.74) is 0.433. The van der Waals surface area contributed by atoms with Crippen LogP contribution in [0.5, 0.6) is 0 Å². The van der Waals surface area contributed by atoms with E-state index >= 15 is 0 Å². The molecule has 3 rings (SSSR count). The predicted octanol–water partition coefficient (Wildman–Crippen LogP) is 9.35. The highest BCUT2D eigenvalue weighted by molar-refractivity contribution is 8.00. The van der Waals surface area contributed by atoms with Gasteiger partial charge in [0.15, 0.2) is 12.3 Å². The SMILES string of the molecule is CC.CCCS.CCOCCC(C)(C)c1cc(C2CC(Sc3cccc(C(F)(F)F)c3)CCO2)n(SF)n1. The van der Waals surface area contributed by atoms with E-state index in [0.29, 0.717) is 43.3 Å². The summed E-state index contributed by atoms with van der Waals surface area (Å²) >= 11 is 5.35. The lowest BCUT2D eigenvalue weighted by atomic mass is 9.85. The number of thiol groups is 1. The first kappa shape index (κ1) is 35.1. The Hall–Kier alpha value is -0.880. The number of hydrogen-bond acceptors (Lipinski definition) is 6. The molecule has 2 atom stereocenters. The molecule has 1 aliphatic heterocycles. The minimum atomic E-state index is -4.37. The van der Waals surface area contributed by atoms with Gasteiger partial charge in [0, 0.05) is 35.4 Å². The van der Waals surface area contributed by atoms with Crippen LogP contribution in [0.4, 0.5) is 17.1 Å². The van der Waals surface area contributed by atoms with Crippen molar-refractivity contribution in [3.05, 3.63) is 47.3 Å². The van der Waals surface area contributed by atoms with Crippen molar-refractivity contribution in [2.75, 3.05) is 25.6 Å². The second kappa shape index (κ2) is 17.7. The van der Waals surface area contributed by atoms with E-state index in [1.807, 2.05) is 40.7 Å². The van der Waals surface area contributed by atoms with Crippen LogP contribution in [0.1, 0.15) is 90.3 Å². The molecule has 218 valence electrons. The van der Waals surface area contributed by atoms with Crippen LogP contribution < -0.4 is 0 Å². The Kier molecular flexibility index (Phi) is 16.4. The zero-order valence-corrected chi connectivity index (χ0v) is 25.7. The highest BCUT2D eigenvalue weighted by Crippen LogP contribution is 2.41. The van der Waals surface area contributed by atoms with E-state index in [1.165, 1.54) is 34.4 Å². The van der Waals surface area contributed by atoms with Crippen molar-refractivity contribution in [1.82, 2.24) is 9.19 Å². The van der Waals surface area contributed by atoms with Gasteiger partial charge in [-0.3, -0.25) is 0 Å². The maximum Gasteiger partial charge on any atom is 0.416 e. The highest BCUT2D eigenvalue weighted by atomic mass is 32.2. The van der Waals surface area contributed by atoms with Gasteiger partial charge in [-0.25, -0.2) is 0 Å². The Morgan fingerprint density at radius 3 is 2.45 bits per heavy atom. The molecule has 0 radical (unpaired) electrons. The molecule has 1 fully saturated rings. The Bertz CT molecular complexity index is 924. The van der Waals surface area contributed by atoms with Crippen LogP contribution in [0.2, 0.25) is 0 Å². The predicted molar refractivity (Wildman–Crippen MR) is 155 cm³/mol. The van der Waals surface area contributed by atoms with Gasteiger partial charge in [0.05, 0.1) is 17.0 Å². The fourth-order valence-electron chi connectivity index (χ4n) is 3.60. The van der Waals surface area contributed by atoms with Crippen molar-refractivity contribution in [3.8, 4) is 0 Å². The average Bonchev–Trinajstić information content (AvgIpc) is 3.36. The van der Waals surface area contributed by atoms with Crippen molar-refractivity contribution in [1.29, 1.82) is 0 Å². The van der Waals surface area contributed by atoms with Crippen LogP contribution in [0.25, 0.3) is 0 Å². The molecular formula is C27H42F4N2O2S3. The van der Waals surface area contributed by atoms with Gasteiger partial charge >= 0.3 is 6.18 Å². The standard InChI is InChI=1S/C22H28F4N2O2S2.C3H8S.C2H6/c1-4-29-11-9-21(2,3)20-14-18(28(27-20)32-26)19-13-17(8-10-30-19)31-16-7-5-6-15(12-16)22(23,24)25;1-2-3-4;1-2/h5-7,12,14,17,19H,4,8-11,13H2,1-3H3;4H,2-3H2,1H3;1-2H3. The van der Waals surface area contributed by atoms with Crippen LogP contribution >= 0.6 is 36.7 Å². The molecule has 2 heterocycles. The van der Waals surface area contributed by atoms with Crippen LogP contribution in [0, 0.1) is 0 Å². The van der Waals surface area contributed by atoms with Crippen molar-refractivity contribution < 1.29 is 26.5 Å². The summed E-state index contributed by atoms with van der Waals surface area (Å²) in [5, 5.41) is 4.49. The second-order valence-electron chi connectivity index (χ2n) is 9.10. The van der Waals surface area contributed by atoms with Gasteiger partial charge in [0.2, 0.25) is 0 Å². The average molecular weight is 599 g/mol. The fraction of sp³-hybridized carbons (Fsp3) is 0.667. The molecule has 0 amide bonds. The number of hydrogen-bond donors (Lipinski definition) is 1. The third kappa shape index (κ3) is 11.3. The van der Waals surface area contributed by atoms with Crippen molar-refractivity contribution in [2.24, 2.45) is 0 Å². The van der Waals surface area contributed by atoms with E-state index in [9.17, 15) is 17.1 Å². The minimum Gasteiger partial charge on any atom is -0.382 e. The number of halogens is 4. The van der Waals surface area contributed by atoms with Gasteiger partial charge < -0.3 is 9.47 Å². The quantitative estimate of drug-likeness (QED) is 0.168. The number of benzene rings is 1. The summed E-state index contributed by atoms with van der Waals surface area (Å²) in [6, 6.07) is 7.23. The number of thioether (sulfide) groups is 1. The van der Waals surface area contributed by atoms with Crippen molar-refractivity contribution >= 4 is 36.7 Å². The monoisotopic (exact) mass is 598 g/mol. The molecule has 0 aliphatic carbocycles. The first-order chi connectivity index (χ1) is 18.0. The van der Waals surface area contributed by atoms with Crippen molar-refractivity contribution in [2.45, 2.75) is 95.1 Å². The number of nitrogens with zero attached hydrogens (tertiary/aromatic N) is 2. The molecular weight excluding hydrogens is 557 g/mol. The molecule has 2 unspecified atom stereocenters. The molecule has 38 heavy (non-hydrogen) atoms. The lowest BCUT2D eigenvalue weighted by molar-refractivity contribution is -0.137. The largest absolute Gasteiger partial charge is 0.416 e. The van der Waals surface area contributed by atoms with E-state index in [2.05, 4.69) is 24.7 Å². The molecule has 1 saturated heterocycles. The smallest absolute Gasteiger partial charge is 0.382 e. The van der Waals surface area contributed by atoms with Gasteiger partial charge in [-0.15, -0.1) is 15.6 Å². The topological polar surface area (TPSA) is 36.3 Å². The van der Waals surface area contributed by atoms with Gasteiger partial charge in [-0.05, 0) is 62.6 Å². The van der Waals surface area contributed by atoms with Gasteiger partial charge in [0.1, 0.15) is 6.10 Å². The lowest BCUT2D eigenvalue weighted by Crippen LogP contribution is -2.23.